The van der Waals surface area contributed by atoms with Gasteiger partial charge in [-0.2, -0.15) is 0 Å². The van der Waals surface area contributed by atoms with Crippen LogP contribution in [0.3, 0.4) is 0 Å². The van der Waals surface area contributed by atoms with Crippen LogP contribution in [0.5, 0.6) is 0 Å². The molecule has 0 fully saturated rings. The van der Waals surface area contributed by atoms with Crippen LogP contribution in [-0.2, 0) is 5.41 Å². The highest BCUT2D eigenvalue weighted by Crippen LogP contribution is 2.30. The number of benzene rings is 1. The van der Waals surface area contributed by atoms with E-state index in [0.29, 0.717) is 0 Å². The third-order valence-corrected chi connectivity index (χ3v) is 3.84. The van der Waals surface area contributed by atoms with Crippen molar-refractivity contribution in [1.82, 2.24) is 4.98 Å². The molecule has 0 radical (unpaired) electrons. The van der Waals surface area contributed by atoms with E-state index in [1.807, 2.05) is 24.3 Å². The summed E-state index contributed by atoms with van der Waals surface area (Å²) in [5.41, 5.74) is 2.27. The second kappa shape index (κ2) is 4.78. The van der Waals surface area contributed by atoms with Crippen LogP contribution >= 0.6 is 27.3 Å². The maximum atomic E-state index is 4.60. The third kappa shape index (κ3) is 3.07. The zero-order valence-corrected chi connectivity index (χ0v) is 12.5. The Morgan fingerprint density at radius 3 is 2.53 bits per heavy atom. The molecule has 4 heteroatoms. The van der Waals surface area contributed by atoms with Gasteiger partial charge in [-0.05, 0) is 28.1 Å². The highest BCUT2D eigenvalue weighted by Gasteiger charge is 2.17. The van der Waals surface area contributed by atoms with Crippen molar-refractivity contribution >= 4 is 38.1 Å². The summed E-state index contributed by atoms with van der Waals surface area (Å²) in [7, 11) is 0. The quantitative estimate of drug-likeness (QED) is 0.849. The monoisotopic (exact) mass is 310 g/mol. The highest BCUT2D eigenvalue weighted by atomic mass is 79.9. The maximum absolute atomic E-state index is 4.60. The smallest absolute Gasteiger partial charge is 0.187 e. The van der Waals surface area contributed by atoms with Crippen molar-refractivity contribution < 1.29 is 0 Å². The van der Waals surface area contributed by atoms with Gasteiger partial charge in [-0.15, -0.1) is 11.3 Å². The Bertz CT molecular complexity index is 514. The summed E-state index contributed by atoms with van der Waals surface area (Å²) in [5.74, 6) is 0. The summed E-state index contributed by atoms with van der Waals surface area (Å²) in [6, 6.07) is 8.05. The molecule has 2 aromatic rings. The number of thiazole rings is 1. The van der Waals surface area contributed by atoms with E-state index in [1.165, 1.54) is 0 Å². The summed E-state index contributed by atoms with van der Waals surface area (Å²) >= 11 is 5.15. The largest absolute Gasteiger partial charge is 0.331 e. The molecule has 1 heterocycles. The number of hydrogen-bond donors (Lipinski definition) is 1. The SMILES string of the molecule is CC(C)(C)c1csc(Nc2ccccc2Br)n1. The van der Waals surface area contributed by atoms with Gasteiger partial charge in [0, 0.05) is 15.3 Å². The average molecular weight is 311 g/mol. The topological polar surface area (TPSA) is 24.9 Å². The van der Waals surface area contributed by atoms with Crippen molar-refractivity contribution in [2.75, 3.05) is 5.32 Å². The Labute approximate surface area is 114 Å². The Hall–Kier alpha value is -0.870. The fourth-order valence-corrected chi connectivity index (χ4v) is 2.69. The molecule has 0 aliphatic heterocycles. The normalized spacial score (nSPS) is 11.5. The lowest BCUT2D eigenvalue weighted by atomic mass is 9.93. The molecule has 0 bridgehead atoms. The zero-order valence-electron chi connectivity index (χ0n) is 10.1. The molecule has 17 heavy (non-hydrogen) atoms. The molecule has 1 N–H and O–H groups in total. The number of halogens is 1. The van der Waals surface area contributed by atoms with Crippen LogP contribution in [0.4, 0.5) is 10.8 Å². The van der Waals surface area contributed by atoms with Crippen LogP contribution in [0.1, 0.15) is 26.5 Å². The van der Waals surface area contributed by atoms with Crippen molar-refractivity contribution in [3.63, 3.8) is 0 Å². The van der Waals surface area contributed by atoms with Gasteiger partial charge in [0.15, 0.2) is 5.13 Å². The van der Waals surface area contributed by atoms with Crippen LogP contribution in [0, 0.1) is 0 Å². The van der Waals surface area contributed by atoms with Gasteiger partial charge in [0.2, 0.25) is 0 Å². The van der Waals surface area contributed by atoms with Crippen molar-refractivity contribution in [3.05, 3.63) is 39.8 Å². The van der Waals surface area contributed by atoms with Gasteiger partial charge in [-0.3, -0.25) is 0 Å². The second-order valence-electron chi connectivity index (χ2n) is 4.89. The predicted octanol–water partition coefficient (Wildman–Crippen LogP) is 4.95. The van der Waals surface area contributed by atoms with Crippen molar-refractivity contribution in [1.29, 1.82) is 0 Å². The molecule has 1 aromatic heterocycles. The van der Waals surface area contributed by atoms with Gasteiger partial charge in [0.1, 0.15) is 0 Å². The predicted molar refractivity (Wildman–Crippen MR) is 78.2 cm³/mol. The van der Waals surface area contributed by atoms with Crippen molar-refractivity contribution in [3.8, 4) is 0 Å². The molecule has 0 aliphatic carbocycles. The van der Waals surface area contributed by atoms with E-state index < -0.39 is 0 Å². The Morgan fingerprint density at radius 2 is 1.94 bits per heavy atom. The van der Waals surface area contributed by atoms with Gasteiger partial charge in [0.05, 0.1) is 11.4 Å². The molecule has 90 valence electrons. The standard InChI is InChI=1S/C13H15BrN2S/c1-13(2,3)11-8-17-12(16-11)15-10-7-5-4-6-9(10)14/h4-8H,1-3H3,(H,15,16). The van der Waals surface area contributed by atoms with E-state index in [1.54, 1.807) is 11.3 Å². The molecule has 0 saturated heterocycles. The lowest BCUT2D eigenvalue weighted by Crippen LogP contribution is -2.11. The number of nitrogens with zero attached hydrogens (tertiary/aromatic N) is 1. The summed E-state index contributed by atoms with van der Waals surface area (Å²) in [4.78, 5) is 4.60. The van der Waals surface area contributed by atoms with Crippen molar-refractivity contribution in [2.24, 2.45) is 0 Å². The van der Waals surface area contributed by atoms with E-state index in [2.05, 4.69) is 52.4 Å². The first-order valence-electron chi connectivity index (χ1n) is 5.44. The number of para-hydroxylation sites is 1. The Balaban J connectivity index is 2.21. The van der Waals surface area contributed by atoms with Crippen LogP contribution in [0.25, 0.3) is 0 Å². The number of nitrogens with one attached hydrogen (secondary N) is 1. The first-order valence-corrected chi connectivity index (χ1v) is 7.11. The Morgan fingerprint density at radius 1 is 1.24 bits per heavy atom. The van der Waals surface area contributed by atoms with Gasteiger partial charge in [0.25, 0.3) is 0 Å². The molecular formula is C13H15BrN2S. The number of hydrogen-bond acceptors (Lipinski definition) is 3. The van der Waals surface area contributed by atoms with Gasteiger partial charge in [-0.25, -0.2) is 4.98 Å². The number of aromatic nitrogens is 1. The molecule has 0 unspecified atom stereocenters. The van der Waals surface area contributed by atoms with E-state index >= 15 is 0 Å². The highest BCUT2D eigenvalue weighted by molar-refractivity contribution is 9.10. The molecule has 0 amide bonds. The Kier molecular flexibility index (Phi) is 3.54. The van der Waals surface area contributed by atoms with Crippen LogP contribution < -0.4 is 5.32 Å². The van der Waals surface area contributed by atoms with Crippen LogP contribution in [0.2, 0.25) is 0 Å². The zero-order chi connectivity index (χ0) is 12.5. The van der Waals surface area contributed by atoms with Crippen molar-refractivity contribution in [2.45, 2.75) is 26.2 Å². The first-order chi connectivity index (χ1) is 7.97. The summed E-state index contributed by atoms with van der Waals surface area (Å²) in [5, 5.41) is 6.37. The molecule has 2 nitrogen and oxygen atoms in total. The summed E-state index contributed by atoms with van der Waals surface area (Å²) in [6.07, 6.45) is 0. The number of rotatable bonds is 2. The molecule has 0 saturated carbocycles. The van der Waals surface area contributed by atoms with Gasteiger partial charge in [-0.1, -0.05) is 32.9 Å². The lowest BCUT2D eigenvalue weighted by Gasteiger charge is -2.14. The minimum Gasteiger partial charge on any atom is -0.331 e. The second-order valence-corrected chi connectivity index (χ2v) is 6.61. The fraction of sp³-hybridized carbons (Fsp3) is 0.308. The average Bonchev–Trinajstić information content (AvgIpc) is 2.69. The molecule has 0 aliphatic rings. The van der Waals surface area contributed by atoms with E-state index in [4.69, 9.17) is 0 Å². The summed E-state index contributed by atoms with van der Waals surface area (Å²) < 4.78 is 1.05. The maximum Gasteiger partial charge on any atom is 0.187 e. The molecule has 2 rings (SSSR count). The van der Waals surface area contributed by atoms with E-state index in [-0.39, 0.29) is 5.41 Å². The van der Waals surface area contributed by atoms with Gasteiger partial charge >= 0.3 is 0 Å². The van der Waals surface area contributed by atoms with E-state index in [0.717, 1.165) is 21.0 Å². The van der Waals surface area contributed by atoms with E-state index in [9.17, 15) is 0 Å². The first kappa shape index (κ1) is 12.6. The van der Waals surface area contributed by atoms with Crippen LogP contribution in [0.15, 0.2) is 34.1 Å². The lowest BCUT2D eigenvalue weighted by molar-refractivity contribution is 0.573. The van der Waals surface area contributed by atoms with Gasteiger partial charge < -0.3 is 5.32 Å². The summed E-state index contributed by atoms with van der Waals surface area (Å²) in [6.45, 7) is 6.51. The third-order valence-electron chi connectivity index (χ3n) is 2.39. The number of anilines is 2. The molecule has 0 spiro atoms. The fourth-order valence-electron chi connectivity index (χ4n) is 1.35. The minimum atomic E-state index is 0.102. The van der Waals surface area contributed by atoms with Crippen LogP contribution in [-0.4, -0.2) is 4.98 Å². The molecular weight excluding hydrogens is 296 g/mol. The molecule has 1 aromatic carbocycles. The minimum absolute atomic E-state index is 0.102. The molecule has 0 atom stereocenters.